The summed E-state index contributed by atoms with van der Waals surface area (Å²) in [6.45, 7) is 22.2. The number of hydrogen-bond acceptors (Lipinski definition) is 26. The predicted molar refractivity (Wildman–Crippen MR) is 351 cm³/mol. The number of aromatic carboxylic acids is 1. The van der Waals surface area contributed by atoms with Gasteiger partial charge in [-0.05, 0) is 137 Å². The first-order chi connectivity index (χ1) is 44.7. The Hall–Kier alpha value is -7.72. The Balaban J connectivity index is 0. The Morgan fingerprint density at radius 2 is 0.907 bits per heavy atom. The molecular weight excluding hydrogens is 1390 g/mol. The van der Waals surface area contributed by atoms with E-state index in [0.717, 1.165) is 26.3 Å². The molecule has 1 aliphatic rings. The third-order valence-corrected chi connectivity index (χ3v) is 10.7. The molecule has 1 fully saturated rings. The Morgan fingerprint density at radius 1 is 0.588 bits per heavy atom. The standard InChI is InChI=1S/2C17H21FN4O4.C11H16N2O5.C6H7FN2.C5H11NO.C3H5ClO2.CH2Cl2.2ClH/c2*1-17(2,3)25-14(23)8-4-7-13-21-15(22-26-13)16(24)20-10-12-11(18)6-5-9-19-12;1-11(2,3)17-8(14)6-4-5-7-12-9(10(15)16)13-18-7;7-5-2-1-3-9-6(5)4-8;1-6-2-4-7-5-3-6;1-2-6-3(4)5;2-1-3;;/h2*5-6,9H,4,7-8,10H2,1-3H3,(H,20,24);4-6H2,1-3H3,(H,15,16);1-3H,4,8H2;2-5H2,1H3;2H2,1H3;1H2;2*1H. The molecule has 0 unspecified atom stereocenters. The number of aromatic nitrogens is 9. The second-order valence-corrected chi connectivity index (χ2v) is 23.3. The molecule has 2 amide bonds. The number of halogens is 8. The van der Waals surface area contributed by atoms with Crippen LogP contribution in [-0.2, 0) is 77.0 Å². The lowest BCUT2D eigenvalue weighted by Gasteiger charge is -2.21. The van der Waals surface area contributed by atoms with Crippen LogP contribution < -0.4 is 16.4 Å². The summed E-state index contributed by atoms with van der Waals surface area (Å²) >= 11 is 14.2. The van der Waals surface area contributed by atoms with Gasteiger partial charge in [-0.15, -0.1) is 48.0 Å². The minimum Gasteiger partial charge on any atom is -0.475 e. The van der Waals surface area contributed by atoms with E-state index >= 15 is 0 Å². The van der Waals surface area contributed by atoms with Gasteiger partial charge in [-0.25, -0.2) is 22.8 Å². The highest BCUT2D eigenvalue weighted by atomic mass is 35.5. The highest BCUT2D eigenvalue weighted by molar-refractivity contribution is 6.61. The van der Waals surface area contributed by atoms with Gasteiger partial charge < -0.3 is 63.6 Å². The number of carboxylic acid groups (broad SMARTS) is 1. The summed E-state index contributed by atoms with van der Waals surface area (Å²) in [5.74, 6) is -4.73. The van der Waals surface area contributed by atoms with Gasteiger partial charge in [0.15, 0.2) is 0 Å². The number of carbonyl (C=O) groups is 7. The molecule has 1 aliphatic heterocycles. The molecule has 0 radical (unpaired) electrons. The molecule has 0 aliphatic carbocycles. The number of carbonyl (C=O) groups excluding carboxylic acids is 6. The third kappa shape index (κ3) is 45.4. The average molecular weight is 1480 g/mol. The van der Waals surface area contributed by atoms with E-state index in [4.69, 9.17) is 78.2 Å². The lowest BCUT2D eigenvalue weighted by Crippen LogP contribution is -2.32. The molecule has 0 atom stereocenters. The van der Waals surface area contributed by atoms with Crippen LogP contribution in [0.3, 0.4) is 0 Å². The molecule has 0 saturated carbocycles. The van der Waals surface area contributed by atoms with Gasteiger partial charge in [0.1, 0.15) is 34.3 Å². The molecule has 97 heavy (non-hydrogen) atoms. The summed E-state index contributed by atoms with van der Waals surface area (Å²) in [7, 11) is 2.11. The number of hydrogen-bond donors (Lipinski definition) is 4. The molecule has 1 saturated heterocycles. The molecule has 5 N–H and O–H groups in total. The van der Waals surface area contributed by atoms with Crippen molar-refractivity contribution in [1.82, 2.24) is 60.9 Å². The van der Waals surface area contributed by atoms with Crippen molar-refractivity contribution in [2.45, 2.75) is 163 Å². The van der Waals surface area contributed by atoms with Crippen LogP contribution in [0.4, 0.5) is 18.0 Å². The van der Waals surface area contributed by atoms with Crippen LogP contribution in [0.25, 0.3) is 0 Å². The van der Waals surface area contributed by atoms with Crippen LogP contribution in [-0.4, -0.2) is 159 Å². The maximum absolute atomic E-state index is 13.5. The number of esters is 3. The summed E-state index contributed by atoms with van der Waals surface area (Å²) in [6, 6.07) is 8.31. The van der Waals surface area contributed by atoms with Crippen molar-refractivity contribution in [1.29, 1.82) is 0 Å². The molecule has 542 valence electrons. The molecule has 0 aromatic carbocycles. The molecule has 7 heterocycles. The van der Waals surface area contributed by atoms with Gasteiger partial charge in [-0.2, -0.15) is 15.0 Å². The van der Waals surface area contributed by atoms with Gasteiger partial charge in [0, 0.05) is 88.4 Å². The number of nitrogens with one attached hydrogen (secondary N) is 2. The fraction of sp³-hybridized carbons (Fsp3) is 0.533. The van der Waals surface area contributed by atoms with Crippen molar-refractivity contribution >= 4 is 101 Å². The van der Waals surface area contributed by atoms with Gasteiger partial charge in [0.25, 0.3) is 29.3 Å². The maximum atomic E-state index is 13.5. The molecule has 7 rings (SSSR count). The van der Waals surface area contributed by atoms with Crippen LogP contribution >= 0.6 is 59.6 Å². The minimum absolute atomic E-state index is 0. The van der Waals surface area contributed by atoms with Gasteiger partial charge in [-0.3, -0.25) is 38.9 Å². The van der Waals surface area contributed by atoms with E-state index in [9.17, 15) is 46.7 Å². The fourth-order valence-electron chi connectivity index (χ4n) is 6.59. The van der Waals surface area contributed by atoms with Crippen molar-refractivity contribution < 1.29 is 89.1 Å². The largest absolute Gasteiger partial charge is 0.475 e. The fourth-order valence-corrected chi connectivity index (χ4v) is 6.70. The van der Waals surface area contributed by atoms with Gasteiger partial charge in [-0.1, -0.05) is 10.3 Å². The number of likely N-dealkylation sites (N-methyl/N-ethyl adjacent to an activating group) is 1. The second-order valence-electron chi connectivity index (χ2n) is 22.2. The number of aryl methyl sites for hydroxylation is 3. The topological polar surface area (TPSA) is 395 Å². The first-order valence-corrected chi connectivity index (χ1v) is 30.8. The lowest BCUT2D eigenvalue weighted by molar-refractivity contribution is -0.156. The van der Waals surface area contributed by atoms with E-state index < -0.39 is 51.6 Å². The number of rotatable bonds is 21. The summed E-state index contributed by atoms with van der Waals surface area (Å²) in [5.41, 5.74) is 3.39. The maximum Gasteiger partial charge on any atom is 0.403 e. The molecular formula is C60H85Cl5F3N13O16. The summed E-state index contributed by atoms with van der Waals surface area (Å²) in [5, 5.41) is 24.1. The third-order valence-electron chi connectivity index (χ3n) is 10.6. The number of morpholine rings is 1. The molecule has 6 aromatic rings. The molecule has 0 bridgehead atoms. The van der Waals surface area contributed by atoms with Crippen LogP contribution in [0, 0.1) is 17.5 Å². The Bertz CT molecular complexity index is 3130. The van der Waals surface area contributed by atoms with E-state index in [1.54, 1.807) is 69.2 Å². The first-order valence-electron chi connectivity index (χ1n) is 29.3. The molecule has 0 spiro atoms. The quantitative estimate of drug-likeness (QED) is 0.0225. The van der Waals surface area contributed by atoms with Gasteiger partial charge in [0.05, 0.1) is 55.3 Å². The lowest BCUT2D eigenvalue weighted by atomic mass is 10.2. The molecule has 37 heteroatoms. The van der Waals surface area contributed by atoms with E-state index in [-0.39, 0.29) is 139 Å². The Labute approximate surface area is 587 Å². The summed E-state index contributed by atoms with van der Waals surface area (Å²) in [6.07, 6.45) is 7.43. The van der Waals surface area contributed by atoms with Crippen molar-refractivity contribution in [3.8, 4) is 0 Å². The highest BCUT2D eigenvalue weighted by Crippen LogP contribution is 2.15. The van der Waals surface area contributed by atoms with Crippen molar-refractivity contribution in [2.24, 2.45) is 5.73 Å². The van der Waals surface area contributed by atoms with E-state index in [1.165, 1.54) is 55.0 Å². The van der Waals surface area contributed by atoms with Crippen LogP contribution in [0.5, 0.6) is 0 Å². The molecule has 29 nitrogen and oxygen atoms in total. The number of pyridine rings is 3. The Kier molecular flexibility index (Phi) is 46.8. The monoisotopic (exact) mass is 1480 g/mol. The van der Waals surface area contributed by atoms with Crippen molar-refractivity contribution in [2.75, 3.05) is 45.3 Å². The number of carboxylic acids is 1. The van der Waals surface area contributed by atoms with Gasteiger partial charge >= 0.3 is 29.3 Å². The number of ether oxygens (including phenoxy) is 5. The summed E-state index contributed by atoms with van der Waals surface area (Å²) in [4.78, 5) is 104. The zero-order valence-electron chi connectivity index (χ0n) is 55.6. The van der Waals surface area contributed by atoms with E-state index in [2.05, 4.69) is 72.7 Å². The number of alkyl halides is 2. The van der Waals surface area contributed by atoms with Crippen molar-refractivity contribution in [3.05, 3.63) is 125 Å². The smallest absolute Gasteiger partial charge is 0.403 e. The zero-order chi connectivity index (χ0) is 71.6. The normalized spacial score (nSPS) is 11.5. The second kappa shape index (κ2) is 49.7. The number of nitrogens with two attached hydrogens (primary N) is 1. The number of amides is 2. The van der Waals surface area contributed by atoms with E-state index in [0.29, 0.717) is 50.8 Å². The Morgan fingerprint density at radius 3 is 1.14 bits per heavy atom. The summed E-state index contributed by atoms with van der Waals surface area (Å²) < 4.78 is 78.8. The van der Waals surface area contributed by atoms with Crippen LogP contribution in [0.15, 0.2) is 68.6 Å². The first kappa shape index (κ1) is 91.3. The highest BCUT2D eigenvalue weighted by Gasteiger charge is 2.22. The van der Waals surface area contributed by atoms with E-state index in [1.807, 2.05) is 0 Å². The molecule has 6 aromatic heterocycles. The zero-order valence-corrected chi connectivity index (χ0v) is 59.5. The van der Waals surface area contributed by atoms with Crippen LogP contribution in [0.1, 0.15) is 174 Å². The average Bonchev–Trinajstić information content (AvgIpc) is 1.90. The van der Waals surface area contributed by atoms with Gasteiger partial charge in [0.2, 0.25) is 17.7 Å². The SMILES string of the molecule is CC(C)(C)OC(=O)CCCc1nc(C(=O)NCc2ncccc2F)no1.CC(C)(C)OC(=O)CCCc1nc(C(=O)NCc2ncccc2F)no1.CC(C)(C)OC(=O)CCCc1nc(C(=O)O)no1.CCOC(=O)Cl.CN1CCOCC1.Cl.Cl.ClCCl.NCc1ncccc1F. The van der Waals surface area contributed by atoms with Crippen molar-refractivity contribution in [3.63, 3.8) is 0 Å². The minimum atomic E-state index is -1.24. The predicted octanol–water partition coefficient (Wildman–Crippen LogP) is 10.1. The van der Waals surface area contributed by atoms with Crippen LogP contribution in [0.2, 0.25) is 0 Å². The number of nitrogens with zero attached hydrogens (tertiary/aromatic N) is 10.